The topological polar surface area (TPSA) is 30.5 Å². The summed E-state index contributed by atoms with van der Waals surface area (Å²) in [6, 6.07) is 5.93. The summed E-state index contributed by atoms with van der Waals surface area (Å²) in [7, 11) is 0. The highest BCUT2D eigenvalue weighted by Gasteiger charge is 2.03. The molecule has 0 saturated carbocycles. The van der Waals surface area contributed by atoms with Crippen molar-refractivity contribution in [1.29, 1.82) is 0 Å². The first-order valence-electron chi connectivity index (χ1n) is 7.83. The Balaban J connectivity index is 2.25. The summed E-state index contributed by atoms with van der Waals surface area (Å²) in [5, 5.41) is 4.01. The molecule has 0 fully saturated rings. The van der Waals surface area contributed by atoms with Crippen molar-refractivity contribution in [2.24, 2.45) is 5.92 Å². The molecule has 0 aliphatic carbocycles. The van der Waals surface area contributed by atoms with Crippen molar-refractivity contribution in [2.45, 2.75) is 40.2 Å². The van der Waals surface area contributed by atoms with Gasteiger partial charge in [-0.1, -0.05) is 38.4 Å². The molecule has 0 atom stereocenters. The molecule has 1 rings (SSSR count). The average molecular weight is 314 g/mol. The maximum absolute atomic E-state index is 6.23. The van der Waals surface area contributed by atoms with Gasteiger partial charge in [0.1, 0.15) is 12.4 Å². The van der Waals surface area contributed by atoms with Crippen LogP contribution in [-0.4, -0.2) is 26.4 Å². The van der Waals surface area contributed by atoms with Gasteiger partial charge in [0.05, 0.1) is 11.6 Å². The van der Waals surface area contributed by atoms with Crippen LogP contribution in [0.2, 0.25) is 5.02 Å². The molecule has 1 N–H and O–H groups in total. The summed E-state index contributed by atoms with van der Waals surface area (Å²) >= 11 is 6.23. The summed E-state index contributed by atoms with van der Waals surface area (Å²) < 4.78 is 11.2. The zero-order valence-electron chi connectivity index (χ0n) is 13.5. The molecule has 0 spiro atoms. The Kier molecular flexibility index (Phi) is 9.48. The first-order valence-corrected chi connectivity index (χ1v) is 8.21. The van der Waals surface area contributed by atoms with Crippen molar-refractivity contribution in [3.63, 3.8) is 0 Å². The highest BCUT2D eigenvalue weighted by Crippen LogP contribution is 2.25. The SMILES string of the molecule is CCCNCc1ccc(OCCOCCC(C)C)c(Cl)c1. The van der Waals surface area contributed by atoms with Crippen LogP contribution in [0.4, 0.5) is 0 Å². The minimum Gasteiger partial charge on any atom is -0.490 e. The molecule has 0 aliphatic rings. The Bertz CT molecular complexity index is 396. The fraction of sp³-hybridized carbons (Fsp3) is 0.647. The van der Waals surface area contributed by atoms with E-state index in [4.69, 9.17) is 21.1 Å². The molecule has 0 saturated heterocycles. The molecule has 21 heavy (non-hydrogen) atoms. The standard InChI is InChI=1S/C17H28ClNO2/c1-4-8-19-13-15-5-6-17(16(18)12-15)21-11-10-20-9-7-14(2)3/h5-6,12,14,19H,4,7-11,13H2,1-3H3. The Labute approximate surface area is 134 Å². The average Bonchev–Trinajstić information content (AvgIpc) is 2.44. The fourth-order valence-corrected chi connectivity index (χ4v) is 2.07. The Morgan fingerprint density at radius 1 is 1.19 bits per heavy atom. The number of rotatable bonds is 11. The van der Waals surface area contributed by atoms with Crippen molar-refractivity contribution in [1.82, 2.24) is 5.32 Å². The summed E-state index contributed by atoms with van der Waals surface area (Å²) in [6.45, 7) is 10.3. The van der Waals surface area contributed by atoms with E-state index >= 15 is 0 Å². The first-order chi connectivity index (χ1) is 10.1. The van der Waals surface area contributed by atoms with Crippen LogP contribution in [0.5, 0.6) is 5.75 Å². The number of ether oxygens (including phenoxy) is 2. The molecular formula is C17H28ClNO2. The highest BCUT2D eigenvalue weighted by molar-refractivity contribution is 6.32. The van der Waals surface area contributed by atoms with Crippen LogP contribution in [0.3, 0.4) is 0 Å². The van der Waals surface area contributed by atoms with Gasteiger partial charge in [0.25, 0.3) is 0 Å². The van der Waals surface area contributed by atoms with Gasteiger partial charge < -0.3 is 14.8 Å². The lowest BCUT2D eigenvalue weighted by Crippen LogP contribution is -2.13. The molecule has 0 bridgehead atoms. The molecule has 3 nitrogen and oxygen atoms in total. The molecule has 0 amide bonds. The third-order valence-corrected chi connectivity index (χ3v) is 3.37. The highest BCUT2D eigenvalue weighted by atomic mass is 35.5. The van der Waals surface area contributed by atoms with Gasteiger partial charge in [0.2, 0.25) is 0 Å². The monoisotopic (exact) mass is 313 g/mol. The lowest BCUT2D eigenvalue weighted by Gasteiger charge is -2.11. The van der Waals surface area contributed by atoms with Gasteiger partial charge in [-0.25, -0.2) is 0 Å². The molecule has 1 aromatic carbocycles. The Hall–Kier alpha value is -0.770. The third kappa shape index (κ3) is 8.30. The van der Waals surface area contributed by atoms with E-state index in [1.807, 2.05) is 18.2 Å². The van der Waals surface area contributed by atoms with E-state index in [1.54, 1.807) is 0 Å². The second-order valence-electron chi connectivity index (χ2n) is 5.58. The molecule has 0 heterocycles. The molecule has 0 unspecified atom stereocenters. The maximum Gasteiger partial charge on any atom is 0.138 e. The molecule has 0 aromatic heterocycles. The normalized spacial score (nSPS) is 11.1. The quantitative estimate of drug-likeness (QED) is 0.618. The molecule has 120 valence electrons. The lowest BCUT2D eigenvalue weighted by atomic mass is 10.1. The molecule has 0 radical (unpaired) electrons. The van der Waals surface area contributed by atoms with E-state index < -0.39 is 0 Å². The van der Waals surface area contributed by atoms with Gasteiger partial charge in [-0.3, -0.25) is 0 Å². The predicted molar refractivity (Wildman–Crippen MR) is 89.2 cm³/mol. The van der Waals surface area contributed by atoms with Gasteiger partial charge in [-0.15, -0.1) is 0 Å². The van der Waals surface area contributed by atoms with E-state index in [0.29, 0.717) is 24.2 Å². The van der Waals surface area contributed by atoms with Gasteiger partial charge in [0.15, 0.2) is 0 Å². The Morgan fingerprint density at radius 3 is 2.67 bits per heavy atom. The van der Waals surface area contributed by atoms with Crippen molar-refractivity contribution in [3.05, 3.63) is 28.8 Å². The Morgan fingerprint density at radius 2 is 2.00 bits per heavy atom. The predicted octanol–water partition coefficient (Wildman–Crippen LogP) is 4.28. The van der Waals surface area contributed by atoms with Crippen molar-refractivity contribution in [3.8, 4) is 5.75 Å². The maximum atomic E-state index is 6.23. The zero-order chi connectivity index (χ0) is 15.5. The van der Waals surface area contributed by atoms with Crippen LogP contribution in [0, 0.1) is 5.92 Å². The van der Waals surface area contributed by atoms with Crippen LogP contribution in [0.25, 0.3) is 0 Å². The molecular weight excluding hydrogens is 286 g/mol. The number of benzene rings is 1. The fourth-order valence-electron chi connectivity index (χ4n) is 1.81. The number of hydrogen-bond acceptors (Lipinski definition) is 3. The summed E-state index contributed by atoms with van der Waals surface area (Å²) in [5.41, 5.74) is 1.17. The lowest BCUT2D eigenvalue weighted by molar-refractivity contribution is 0.0926. The van der Waals surface area contributed by atoms with Gasteiger partial charge in [-0.05, 0) is 43.0 Å². The molecule has 4 heteroatoms. The minimum atomic E-state index is 0.533. The van der Waals surface area contributed by atoms with Crippen LogP contribution in [-0.2, 0) is 11.3 Å². The zero-order valence-corrected chi connectivity index (χ0v) is 14.2. The second-order valence-corrected chi connectivity index (χ2v) is 5.99. The molecule has 1 aromatic rings. The van der Waals surface area contributed by atoms with Crippen molar-refractivity contribution >= 4 is 11.6 Å². The van der Waals surface area contributed by atoms with E-state index in [9.17, 15) is 0 Å². The van der Waals surface area contributed by atoms with Crippen LogP contribution in [0.15, 0.2) is 18.2 Å². The summed E-state index contributed by atoms with van der Waals surface area (Å²) in [4.78, 5) is 0. The van der Waals surface area contributed by atoms with E-state index in [0.717, 1.165) is 38.3 Å². The van der Waals surface area contributed by atoms with Gasteiger partial charge in [-0.2, -0.15) is 0 Å². The number of halogens is 1. The smallest absolute Gasteiger partial charge is 0.138 e. The third-order valence-electron chi connectivity index (χ3n) is 3.08. The number of hydrogen-bond donors (Lipinski definition) is 1. The van der Waals surface area contributed by atoms with E-state index in [2.05, 4.69) is 26.1 Å². The summed E-state index contributed by atoms with van der Waals surface area (Å²) in [6.07, 6.45) is 2.21. The van der Waals surface area contributed by atoms with Gasteiger partial charge >= 0.3 is 0 Å². The summed E-state index contributed by atoms with van der Waals surface area (Å²) in [5.74, 6) is 1.40. The van der Waals surface area contributed by atoms with Gasteiger partial charge in [0, 0.05) is 13.2 Å². The molecule has 0 aliphatic heterocycles. The second kappa shape index (κ2) is 10.9. The van der Waals surface area contributed by atoms with Crippen LogP contribution < -0.4 is 10.1 Å². The number of nitrogens with one attached hydrogen (secondary N) is 1. The van der Waals surface area contributed by atoms with Crippen molar-refractivity contribution in [2.75, 3.05) is 26.4 Å². The minimum absolute atomic E-state index is 0.533. The van der Waals surface area contributed by atoms with E-state index in [-0.39, 0.29) is 0 Å². The largest absolute Gasteiger partial charge is 0.490 e. The van der Waals surface area contributed by atoms with Crippen molar-refractivity contribution < 1.29 is 9.47 Å². The first kappa shape index (κ1) is 18.3. The van der Waals surface area contributed by atoms with E-state index in [1.165, 1.54) is 5.56 Å². The van der Waals surface area contributed by atoms with Crippen LogP contribution in [0.1, 0.15) is 39.2 Å². The van der Waals surface area contributed by atoms with Crippen LogP contribution >= 0.6 is 11.6 Å².